The molecule has 0 aliphatic heterocycles. The Kier molecular flexibility index (Phi) is 4.63. The number of carbonyl (C=O) groups is 1. The molecule has 0 fully saturated rings. The number of amides is 1. The Balaban J connectivity index is 1.74. The van der Waals surface area contributed by atoms with Crippen molar-refractivity contribution < 1.29 is 4.79 Å². The summed E-state index contributed by atoms with van der Waals surface area (Å²) in [7, 11) is 0. The van der Waals surface area contributed by atoms with Crippen molar-refractivity contribution in [3.8, 4) is 0 Å². The summed E-state index contributed by atoms with van der Waals surface area (Å²) >= 11 is 6.68. The maximum Gasteiger partial charge on any atom is 0.276 e. The molecule has 0 saturated carbocycles. The molecule has 6 nitrogen and oxygen atoms in total. The van der Waals surface area contributed by atoms with Crippen molar-refractivity contribution >= 4 is 43.6 Å². The van der Waals surface area contributed by atoms with Crippen molar-refractivity contribution in [2.24, 2.45) is 0 Å². The van der Waals surface area contributed by atoms with Crippen molar-refractivity contribution in [1.29, 1.82) is 0 Å². The van der Waals surface area contributed by atoms with Crippen LogP contribution < -0.4 is 5.32 Å². The molecule has 0 saturated heterocycles. The summed E-state index contributed by atoms with van der Waals surface area (Å²) in [5, 5.41) is 13.6. The highest BCUT2D eigenvalue weighted by Gasteiger charge is 2.16. The minimum absolute atomic E-state index is 0.310. The maximum atomic E-state index is 12.2. The monoisotopic (exact) mass is 437 g/mol. The molecule has 0 atom stereocenters. The predicted octanol–water partition coefficient (Wildman–Crippen LogP) is 3.74. The second kappa shape index (κ2) is 6.67. The average molecular weight is 439 g/mol. The Morgan fingerprint density at radius 3 is 2.65 bits per heavy atom. The fourth-order valence-corrected chi connectivity index (χ4v) is 2.83. The number of H-pyrrole nitrogens is 1. The fourth-order valence-electron chi connectivity index (χ4n) is 2.04. The summed E-state index contributed by atoms with van der Waals surface area (Å²) in [6.45, 7) is 2.68. The van der Waals surface area contributed by atoms with E-state index >= 15 is 0 Å². The number of nitrogens with one attached hydrogen (secondary N) is 2. The quantitative estimate of drug-likeness (QED) is 0.651. The van der Waals surface area contributed by atoms with Crippen LogP contribution in [-0.2, 0) is 6.54 Å². The van der Waals surface area contributed by atoms with E-state index in [0.717, 1.165) is 5.56 Å². The molecule has 2 heterocycles. The predicted molar refractivity (Wildman–Crippen MR) is 94.4 cm³/mol. The molecule has 0 spiro atoms. The van der Waals surface area contributed by atoms with Gasteiger partial charge in [-0.25, -0.2) is 0 Å². The van der Waals surface area contributed by atoms with Gasteiger partial charge in [-0.05, 0) is 44.3 Å². The molecule has 0 unspecified atom stereocenters. The number of benzene rings is 1. The van der Waals surface area contributed by atoms with Gasteiger partial charge in [0.25, 0.3) is 5.91 Å². The van der Waals surface area contributed by atoms with Crippen molar-refractivity contribution in [3.63, 3.8) is 0 Å². The van der Waals surface area contributed by atoms with Crippen LogP contribution in [0.4, 0.5) is 5.82 Å². The van der Waals surface area contributed by atoms with E-state index in [1.807, 2.05) is 6.20 Å². The van der Waals surface area contributed by atoms with Crippen LogP contribution in [0.25, 0.3) is 0 Å². The van der Waals surface area contributed by atoms with Crippen LogP contribution in [-0.4, -0.2) is 25.9 Å². The van der Waals surface area contributed by atoms with Gasteiger partial charge in [0.15, 0.2) is 5.82 Å². The first-order valence-electron chi connectivity index (χ1n) is 6.81. The van der Waals surface area contributed by atoms with E-state index in [2.05, 4.69) is 83.7 Å². The first-order chi connectivity index (χ1) is 11.0. The molecular weight excluding hydrogens is 426 g/mol. The van der Waals surface area contributed by atoms with E-state index in [1.165, 1.54) is 11.8 Å². The standard InChI is InChI=1S/C15H13Br2N5O/c1-9-2-4-10(5-3-9)7-22-8-12(17)14(21-22)19-15(23)13-11(16)6-18-20-13/h2-6,8H,7H2,1H3,(H,18,20)(H,19,21,23). The topological polar surface area (TPSA) is 75.6 Å². The van der Waals surface area contributed by atoms with Gasteiger partial charge in [-0.3, -0.25) is 14.6 Å². The zero-order valence-electron chi connectivity index (χ0n) is 12.2. The summed E-state index contributed by atoms with van der Waals surface area (Å²) in [5.41, 5.74) is 2.71. The van der Waals surface area contributed by atoms with E-state index < -0.39 is 0 Å². The minimum atomic E-state index is -0.310. The third-order valence-corrected chi connectivity index (χ3v) is 4.42. The number of anilines is 1. The summed E-state index contributed by atoms with van der Waals surface area (Å²) in [6.07, 6.45) is 3.36. The van der Waals surface area contributed by atoms with Gasteiger partial charge in [0.05, 0.1) is 21.7 Å². The van der Waals surface area contributed by atoms with Crippen molar-refractivity contribution in [3.05, 3.63) is 62.4 Å². The number of nitrogens with zero attached hydrogens (tertiary/aromatic N) is 3. The number of carbonyl (C=O) groups excluding carboxylic acids is 1. The third kappa shape index (κ3) is 3.70. The van der Waals surface area contributed by atoms with Crippen molar-refractivity contribution in [2.75, 3.05) is 5.32 Å². The number of aromatic nitrogens is 4. The zero-order chi connectivity index (χ0) is 16.4. The largest absolute Gasteiger partial charge is 0.303 e. The van der Waals surface area contributed by atoms with Crippen molar-refractivity contribution in [2.45, 2.75) is 13.5 Å². The summed E-state index contributed by atoms with van der Waals surface area (Å²) in [4.78, 5) is 12.2. The van der Waals surface area contributed by atoms with Gasteiger partial charge in [0.1, 0.15) is 5.69 Å². The third-order valence-electron chi connectivity index (χ3n) is 3.23. The summed E-state index contributed by atoms with van der Waals surface area (Å²) < 4.78 is 3.09. The van der Waals surface area contributed by atoms with E-state index in [1.54, 1.807) is 4.68 Å². The van der Waals surface area contributed by atoms with Crippen LogP contribution >= 0.6 is 31.9 Å². The SMILES string of the molecule is Cc1ccc(Cn2cc(Br)c(NC(=O)c3[nH]ncc3Br)n2)cc1. The normalized spacial score (nSPS) is 10.7. The lowest BCUT2D eigenvalue weighted by Gasteiger charge is -2.03. The van der Waals surface area contributed by atoms with Crippen LogP contribution in [0, 0.1) is 6.92 Å². The van der Waals surface area contributed by atoms with Crippen LogP contribution in [0.3, 0.4) is 0 Å². The number of aromatic amines is 1. The van der Waals surface area contributed by atoms with Crippen LogP contribution in [0.2, 0.25) is 0 Å². The number of halogens is 2. The minimum Gasteiger partial charge on any atom is -0.303 e. The van der Waals surface area contributed by atoms with Gasteiger partial charge in [-0.15, -0.1) is 0 Å². The average Bonchev–Trinajstić information content (AvgIpc) is 3.08. The Morgan fingerprint density at radius 2 is 2.00 bits per heavy atom. The fraction of sp³-hybridized carbons (Fsp3) is 0.133. The second-order valence-corrected chi connectivity index (χ2v) is 6.76. The number of hydrogen-bond donors (Lipinski definition) is 2. The highest BCUT2D eigenvalue weighted by Crippen LogP contribution is 2.22. The maximum absolute atomic E-state index is 12.2. The molecule has 2 aromatic heterocycles. The van der Waals surface area contributed by atoms with Gasteiger partial charge in [0.2, 0.25) is 0 Å². The van der Waals surface area contributed by atoms with Crippen LogP contribution in [0.5, 0.6) is 0 Å². The first-order valence-corrected chi connectivity index (χ1v) is 8.40. The molecule has 23 heavy (non-hydrogen) atoms. The first kappa shape index (κ1) is 15.9. The van der Waals surface area contributed by atoms with E-state index in [-0.39, 0.29) is 5.91 Å². The molecule has 1 aromatic carbocycles. The Labute approximate surface area is 149 Å². The van der Waals surface area contributed by atoms with E-state index in [9.17, 15) is 4.79 Å². The van der Waals surface area contributed by atoms with Gasteiger partial charge >= 0.3 is 0 Å². The molecule has 0 aliphatic carbocycles. The molecule has 0 aliphatic rings. The van der Waals surface area contributed by atoms with Gasteiger partial charge in [-0.2, -0.15) is 10.2 Å². The number of hydrogen-bond acceptors (Lipinski definition) is 3. The Bertz CT molecular complexity index is 838. The highest BCUT2D eigenvalue weighted by molar-refractivity contribution is 9.11. The molecule has 0 bridgehead atoms. The smallest absolute Gasteiger partial charge is 0.276 e. The lowest BCUT2D eigenvalue weighted by Crippen LogP contribution is -2.14. The van der Waals surface area contributed by atoms with Crippen LogP contribution in [0.1, 0.15) is 21.6 Å². The zero-order valence-corrected chi connectivity index (χ0v) is 15.3. The summed E-state index contributed by atoms with van der Waals surface area (Å²) in [6, 6.07) is 8.24. The number of aryl methyl sites for hydroxylation is 1. The lowest BCUT2D eigenvalue weighted by atomic mass is 10.1. The summed E-state index contributed by atoms with van der Waals surface area (Å²) in [5.74, 6) is 0.152. The molecule has 2 N–H and O–H groups in total. The van der Waals surface area contributed by atoms with E-state index in [0.29, 0.717) is 27.0 Å². The van der Waals surface area contributed by atoms with Gasteiger partial charge in [0, 0.05) is 6.20 Å². The molecule has 8 heteroatoms. The second-order valence-electron chi connectivity index (χ2n) is 5.06. The molecule has 118 valence electrons. The lowest BCUT2D eigenvalue weighted by molar-refractivity contribution is 0.102. The molecule has 3 aromatic rings. The molecular formula is C15H13Br2N5O. The Hall–Kier alpha value is -1.93. The van der Waals surface area contributed by atoms with Crippen molar-refractivity contribution in [1.82, 2.24) is 20.0 Å². The van der Waals surface area contributed by atoms with Gasteiger partial charge in [-0.1, -0.05) is 29.8 Å². The molecule has 0 radical (unpaired) electrons. The molecule has 1 amide bonds. The van der Waals surface area contributed by atoms with Gasteiger partial charge < -0.3 is 5.32 Å². The number of rotatable bonds is 4. The highest BCUT2D eigenvalue weighted by atomic mass is 79.9. The molecule has 3 rings (SSSR count). The Morgan fingerprint density at radius 1 is 1.26 bits per heavy atom. The van der Waals surface area contributed by atoms with E-state index in [4.69, 9.17) is 0 Å². The van der Waals surface area contributed by atoms with Crippen LogP contribution in [0.15, 0.2) is 45.6 Å².